The highest BCUT2D eigenvalue weighted by atomic mass is 35.5. The lowest BCUT2D eigenvalue weighted by atomic mass is 10.4. The van der Waals surface area contributed by atoms with E-state index in [1.807, 2.05) is 0 Å². The number of rotatable bonds is 2. The van der Waals surface area contributed by atoms with Gasteiger partial charge < -0.3 is 0 Å². The maximum absolute atomic E-state index is 12.3. The SMILES string of the molecule is O=c1c(Cl)c(Cl)cnn1S(=O)(=O)c1cc(Cl)ccc1Cl. The van der Waals surface area contributed by atoms with Gasteiger partial charge in [-0.25, -0.2) is 0 Å². The largest absolute Gasteiger partial charge is 0.301 e. The third-order valence-corrected chi connectivity index (χ3v) is 5.28. The lowest BCUT2D eigenvalue weighted by molar-refractivity contribution is 0.575. The quantitative estimate of drug-likeness (QED) is 0.810. The molecule has 2 aromatic rings. The summed E-state index contributed by atoms with van der Waals surface area (Å²) < 4.78 is 24.9. The van der Waals surface area contributed by atoms with Crippen molar-refractivity contribution in [2.75, 3.05) is 0 Å². The number of hydrogen-bond donors (Lipinski definition) is 0. The normalized spacial score (nSPS) is 11.6. The van der Waals surface area contributed by atoms with Crippen molar-refractivity contribution in [1.82, 2.24) is 9.19 Å². The second kappa shape index (κ2) is 5.54. The Labute approximate surface area is 133 Å². The van der Waals surface area contributed by atoms with Crippen molar-refractivity contribution in [2.24, 2.45) is 0 Å². The van der Waals surface area contributed by atoms with Gasteiger partial charge in [-0.05, 0) is 18.2 Å². The van der Waals surface area contributed by atoms with E-state index in [0.29, 0.717) is 0 Å². The lowest BCUT2D eigenvalue weighted by Gasteiger charge is -2.08. The van der Waals surface area contributed by atoms with E-state index in [9.17, 15) is 13.2 Å². The van der Waals surface area contributed by atoms with Crippen LogP contribution >= 0.6 is 46.4 Å². The first kappa shape index (κ1) is 15.6. The zero-order valence-corrected chi connectivity index (χ0v) is 13.2. The van der Waals surface area contributed by atoms with E-state index in [1.165, 1.54) is 12.1 Å². The van der Waals surface area contributed by atoms with Gasteiger partial charge >= 0.3 is 5.56 Å². The Morgan fingerprint density at radius 1 is 1.05 bits per heavy atom. The molecule has 5 nitrogen and oxygen atoms in total. The van der Waals surface area contributed by atoms with Crippen LogP contribution in [0.25, 0.3) is 0 Å². The first-order valence-corrected chi connectivity index (χ1v) is 7.84. The summed E-state index contributed by atoms with van der Waals surface area (Å²) in [6.45, 7) is 0. The third-order valence-electron chi connectivity index (χ3n) is 2.25. The van der Waals surface area contributed by atoms with Crippen molar-refractivity contribution >= 4 is 56.4 Å². The van der Waals surface area contributed by atoms with Crippen LogP contribution in [0.15, 0.2) is 34.1 Å². The molecule has 106 valence electrons. The lowest BCUT2D eigenvalue weighted by Crippen LogP contribution is -2.30. The molecule has 0 unspecified atom stereocenters. The van der Waals surface area contributed by atoms with E-state index >= 15 is 0 Å². The van der Waals surface area contributed by atoms with Crippen LogP contribution in [0.4, 0.5) is 0 Å². The fraction of sp³-hybridized carbons (Fsp3) is 0. The van der Waals surface area contributed by atoms with Crippen LogP contribution in [-0.4, -0.2) is 17.6 Å². The number of aromatic nitrogens is 2. The van der Waals surface area contributed by atoms with Crippen molar-refractivity contribution < 1.29 is 8.42 Å². The smallest absolute Gasteiger partial charge is 0.265 e. The van der Waals surface area contributed by atoms with Gasteiger partial charge in [-0.15, -0.1) is 4.09 Å². The maximum atomic E-state index is 12.3. The zero-order chi connectivity index (χ0) is 15.1. The highest BCUT2D eigenvalue weighted by Crippen LogP contribution is 2.26. The van der Waals surface area contributed by atoms with Crippen LogP contribution in [0.5, 0.6) is 0 Å². The second-order valence-electron chi connectivity index (χ2n) is 3.53. The number of halogens is 4. The minimum absolute atomic E-state index is 0.103. The standard InChI is InChI=1S/C10H4Cl4N2O3S/c11-5-1-2-6(12)8(3-5)20(18,19)16-10(17)9(14)7(13)4-15-16/h1-4H. The molecule has 0 saturated carbocycles. The number of benzene rings is 1. The van der Waals surface area contributed by atoms with Gasteiger partial charge in [0.25, 0.3) is 10.0 Å². The molecule has 1 aromatic heterocycles. The Kier molecular flexibility index (Phi) is 4.32. The predicted octanol–water partition coefficient (Wildman–Crippen LogP) is 3.09. The molecule has 2 rings (SSSR count). The topological polar surface area (TPSA) is 69.0 Å². The van der Waals surface area contributed by atoms with Gasteiger partial charge in [0.05, 0.1) is 16.2 Å². The molecule has 0 fully saturated rings. The van der Waals surface area contributed by atoms with E-state index in [4.69, 9.17) is 46.4 Å². The first-order valence-electron chi connectivity index (χ1n) is 4.89. The molecule has 0 N–H and O–H groups in total. The zero-order valence-electron chi connectivity index (χ0n) is 9.35. The summed E-state index contributed by atoms with van der Waals surface area (Å²) in [6.07, 6.45) is 0.946. The van der Waals surface area contributed by atoms with E-state index in [0.717, 1.165) is 12.3 Å². The van der Waals surface area contributed by atoms with Crippen molar-refractivity contribution in [1.29, 1.82) is 0 Å². The van der Waals surface area contributed by atoms with Crippen LogP contribution in [0.2, 0.25) is 20.1 Å². The molecule has 0 aliphatic carbocycles. The fourth-order valence-electron chi connectivity index (χ4n) is 1.34. The van der Waals surface area contributed by atoms with Crippen LogP contribution < -0.4 is 5.56 Å². The maximum Gasteiger partial charge on any atom is 0.301 e. The Morgan fingerprint density at radius 3 is 2.35 bits per heavy atom. The molecular weight excluding hydrogens is 370 g/mol. The molecule has 0 atom stereocenters. The Morgan fingerprint density at radius 2 is 1.70 bits per heavy atom. The van der Waals surface area contributed by atoms with Gasteiger partial charge in [0, 0.05) is 5.02 Å². The third kappa shape index (κ3) is 2.66. The predicted molar refractivity (Wildman–Crippen MR) is 77.6 cm³/mol. The fourth-order valence-corrected chi connectivity index (χ4v) is 3.55. The molecule has 0 aliphatic rings. The van der Waals surface area contributed by atoms with Gasteiger partial charge in [0.15, 0.2) is 0 Å². The molecule has 20 heavy (non-hydrogen) atoms. The van der Waals surface area contributed by atoms with E-state index < -0.39 is 20.6 Å². The van der Waals surface area contributed by atoms with E-state index in [-0.39, 0.29) is 24.1 Å². The molecule has 0 bridgehead atoms. The molecule has 0 aliphatic heterocycles. The Hall–Kier alpha value is -0.790. The molecule has 1 heterocycles. The summed E-state index contributed by atoms with van der Waals surface area (Å²) in [5.41, 5.74) is -1.07. The second-order valence-corrected chi connectivity index (χ2v) is 6.90. The summed E-state index contributed by atoms with van der Waals surface area (Å²) in [6, 6.07) is 3.81. The minimum Gasteiger partial charge on any atom is -0.265 e. The summed E-state index contributed by atoms with van der Waals surface area (Å²) in [5, 5.41) is 2.89. The molecule has 1 aromatic carbocycles. The van der Waals surface area contributed by atoms with Crippen LogP contribution in [0.1, 0.15) is 0 Å². The van der Waals surface area contributed by atoms with Gasteiger partial charge in [-0.3, -0.25) is 4.79 Å². The van der Waals surface area contributed by atoms with Gasteiger partial charge in [0.2, 0.25) is 0 Å². The first-order chi connectivity index (χ1) is 9.25. The Balaban J connectivity index is 2.77. The van der Waals surface area contributed by atoms with E-state index in [2.05, 4.69) is 5.10 Å². The van der Waals surface area contributed by atoms with Gasteiger partial charge in [-0.1, -0.05) is 46.4 Å². The molecule has 0 spiro atoms. The number of hydrogen-bond acceptors (Lipinski definition) is 4. The molecule has 10 heteroatoms. The average Bonchev–Trinajstić information content (AvgIpc) is 2.38. The van der Waals surface area contributed by atoms with E-state index in [1.54, 1.807) is 0 Å². The summed E-state index contributed by atoms with van der Waals surface area (Å²) in [4.78, 5) is 11.5. The highest BCUT2D eigenvalue weighted by molar-refractivity contribution is 7.90. The van der Waals surface area contributed by atoms with Gasteiger partial charge in [-0.2, -0.15) is 13.5 Å². The molecular formula is C10H4Cl4N2O3S. The summed E-state index contributed by atoms with van der Waals surface area (Å²) in [5.74, 6) is 0. The molecule has 0 saturated heterocycles. The molecule has 0 amide bonds. The average molecular weight is 374 g/mol. The minimum atomic E-state index is -4.33. The van der Waals surface area contributed by atoms with Crippen molar-refractivity contribution in [2.45, 2.75) is 4.90 Å². The van der Waals surface area contributed by atoms with Gasteiger partial charge in [0.1, 0.15) is 9.92 Å². The van der Waals surface area contributed by atoms with Crippen LogP contribution in [0, 0.1) is 0 Å². The van der Waals surface area contributed by atoms with Crippen LogP contribution in [0.3, 0.4) is 0 Å². The molecule has 0 radical (unpaired) electrons. The summed E-state index contributed by atoms with van der Waals surface area (Å²) >= 11 is 22.7. The highest BCUT2D eigenvalue weighted by Gasteiger charge is 2.25. The monoisotopic (exact) mass is 372 g/mol. The number of nitrogens with zero attached hydrogens (tertiary/aromatic N) is 2. The summed E-state index contributed by atoms with van der Waals surface area (Å²) in [7, 11) is -4.33. The van der Waals surface area contributed by atoms with Crippen molar-refractivity contribution in [3.05, 3.63) is 54.8 Å². The van der Waals surface area contributed by atoms with Crippen molar-refractivity contribution in [3.63, 3.8) is 0 Å². The van der Waals surface area contributed by atoms with Crippen molar-refractivity contribution in [3.8, 4) is 0 Å². The van der Waals surface area contributed by atoms with Crippen LogP contribution in [-0.2, 0) is 10.0 Å². The Bertz CT molecular complexity index is 848.